The maximum absolute atomic E-state index is 12.4. The lowest BCUT2D eigenvalue weighted by atomic mass is 9.99. The van der Waals surface area contributed by atoms with Gasteiger partial charge in [0.1, 0.15) is 0 Å². The van der Waals surface area contributed by atoms with Gasteiger partial charge in [0, 0.05) is 13.1 Å². The first-order valence-electron chi connectivity index (χ1n) is 5.74. The molecule has 0 fully saturated rings. The highest BCUT2D eigenvalue weighted by Gasteiger charge is 2.43. The molecule has 0 saturated carbocycles. The molecular formula is C12H11ClF3N3O. The summed E-state index contributed by atoms with van der Waals surface area (Å²) in [6, 6.07) is 3.20. The highest BCUT2D eigenvalue weighted by atomic mass is 35.5. The Bertz CT molecular complexity index is 572. The lowest BCUT2D eigenvalue weighted by Crippen LogP contribution is -2.43. The summed E-state index contributed by atoms with van der Waals surface area (Å²) >= 11 is 5.96. The summed E-state index contributed by atoms with van der Waals surface area (Å²) in [6.07, 6.45) is -3.44. The number of hydrogen-bond donors (Lipinski definition) is 1. The zero-order valence-electron chi connectivity index (χ0n) is 10.2. The van der Waals surface area contributed by atoms with Gasteiger partial charge in [-0.05, 0) is 29.7 Å². The van der Waals surface area contributed by atoms with Crippen molar-refractivity contribution in [2.24, 2.45) is 10.7 Å². The molecule has 4 nitrogen and oxygen atoms in total. The lowest BCUT2D eigenvalue weighted by Gasteiger charge is -2.29. The number of halogens is 4. The van der Waals surface area contributed by atoms with E-state index in [1.807, 2.05) is 0 Å². The van der Waals surface area contributed by atoms with E-state index in [4.69, 9.17) is 17.3 Å². The highest BCUT2D eigenvalue weighted by Crippen LogP contribution is 2.32. The Hall–Kier alpha value is -1.76. The van der Waals surface area contributed by atoms with Gasteiger partial charge in [-0.3, -0.25) is 4.79 Å². The second-order valence-electron chi connectivity index (χ2n) is 4.32. The van der Waals surface area contributed by atoms with E-state index in [0.29, 0.717) is 17.7 Å². The van der Waals surface area contributed by atoms with Crippen molar-refractivity contribution in [2.45, 2.75) is 19.1 Å². The number of rotatable bonds is 1. The number of alkyl halides is 3. The van der Waals surface area contributed by atoms with Gasteiger partial charge in [0.2, 0.25) is 0 Å². The molecule has 1 aromatic carbocycles. The van der Waals surface area contributed by atoms with Crippen LogP contribution in [0.1, 0.15) is 11.1 Å². The van der Waals surface area contributed by atoms with Crippen molar-refractivity contribution >= 4 is 29.5 Å². The van der Waals surface area contributed by atoms with Crippen molar-refractivity contribution in [3.63, 3.8) is 0 Å². The number of fused-ring (bicyclic) bond motifs is 1. The molecule has 0 radical (unpaired) electrons. The summed E-state index contributed by atoms with van der Waals surface area (Å²) in [4.78, 5) is 15.8. The average Bonchev–Trinajstić information content (AvgIpc) is 2.37. The Morgan fingerprint density at radius 3 is 2.70 bits per heavy atom. The predicted molar refractivity (Wildman–Crippen MR) is 69.0 cm³/mol. The number of hydrogen-bond acceptors (Lipinski definition) is 2. The summed E-state index contributed by atoms with van der Waals surface area (Å²) in [5.74, 6) is -1.83. The number of nitrogens with zero attached hydrogens (tertiary/aromatic N) is 2. The molecule has 0 aromatic heterocycles. The van der Waals surface area contributed by atoms with Crippen LogP contribution in [0, 0.1) is 0 Å². The third-order valence-electron chi connectivity index (χ3n) is 3.02. The smallest absolute Gasteiger partial charge is 0.390 e. The molecule has 20 heavy (non-hydrogen) atoms. The average molecular weight is 306 g/mol. The van der Waals surface area contributed by atoms with E-state index >= 15 is 0 Å². The van der Waals surface area contributed by atoms with E-state index in [2.05, 4.69) is 4.99 Å². The minimum atomic E-state index is -4.86. The van der Waals surface area contributed by atoms with Gasteiger partial charge in [-0.2, -0.15) is 13.2 Å². The van der Waals surface area contributed by atoms with Crippen LogP contribution in [-0.4, -0.2) is 29.9 Å². The zero-order chi connectivity index (χ0) is 14.9. The lowest BCUT2D eigenvalue weighted by molar-refractivity contribution is -0.186. The monoisotopic (exact) mass is 305 g/mol. The molecule has 1 aromatic rings. The fourth-order valence-electron chi connectivity index (χ4n) is 2.10. The maximum Gasteiger partial charge on any atom is 0.471 e. The van der Waals surface area contributed by atoms with Crippen LogP contribution in [0.2, 0.25) is 5.02 Å². The molecular weight excluding hydrogens is 295 g/mol. The van der Waals surface area contributed by atoms with Crippen LogP contribution < -0.4 is 5.73 Å². The van der Waals surface area contributed by atoms with Crippen molar-refractivity contribution < 1.29 is 18.0 Å². The van der Waals surface area contributed by atoms with Crippen molar-refractivity contribution in [3.8, 4) is 0 Å². The van der Waals surface area contributed by atoms with Gasteiger partial charge in [-0.15, -0.1) is 0 Å². The number of benzene rings is 1. The van der Waals surface area contributed by atoms with Gasteiger partial charge in [-0.25, -0.2) is 4.99 Å². The van der Waals surface area contributed by atoms with Gasteiger partial charge in [0.05, 0.1) is 17.0 Å². The van der Waals surface area contributed by atoms with Crippen LogP contribution in [0.25, 0.3) is 0 Å². The molecule has 0 spiro atoms. The molecule has 1 amide bonds. The molecule has 2 rings (SSSR count). The van der Waals surface area contributed by atoms with Gasteiger partial charge >= 0.3 is 12.1 Å². The van der Waals surface area contributed by atoms with Crippen LogP contribution in [0.5, 0.6) is 0 Å². The Morgan fingerprint density at radius 1 is 1.40 bits per heavy atom. The van der Waals surface area contributed by atoms with Gasteiger partial charge < -0.3 is 10.6 Å². The molecule has 1 heterocycles. The summed E-state index contributed by atoms with van der Waals surface area (Å²) in [5, 5.41) is 0.284. The van der Waals surface area contributed by atoms with Crippen molar-refractivity contribution in [1.82, 2.24) is 4.90 Å². The van der Waals surface area contributed by atoms with Crippen molar-refractivity contribution in [3.05, 3.63) is 28.3 Å². The summed E-state index contributed by atoms with van der Waals surface area (Å²) in [5.41, 5.74) is 7.06. The topological polar surface area (TPSA) is 58.7 Å². The maximum atomic E-state index is 12.4. The fraction of sp³-hybridized carbons (Fsp3) is 0.333. The summed E-state index contributed by atoms with van der Waals surface area (Å²) in [6.45, 7) is -0.0984. The Balaban J connectivity index is 2.27. The third kappa shape index (κ3) is 2.87. The molecule has 0 saturated heterocycles. The minimum absolute atomic E-state index is 0.0127. The van der Waals surface area contributed by atoms with Crippen LogP contribution in [0.3, 0.4) is 0 Å². The Kier molecular flexibility index (Phi) is 3.89. The number of carbonyl (C=O) groups excluding carboxylic acids is 1. The van der Waals surface area contributed by atoms with E-state index in [1.54, 1.807) is 6.07 Å². The predicted octanol–water partition coefficient (Wildman–Crippen LogP) is 2.41. The Morgan fingerprint density at radius 2 is 2.10 bits per heavy atom. The number of amides is 1. The molecule has 1 aliphatic heterocycles. The van der Waals surface area contributed by atoms with Crippen molar-refractivity contribution in [2.75, 3.05) is 6.54 Å². The standard InChI is InChI=1S/C12H11ClF3N3O/c13-9-3-8-5-19(11(20)12(14,15)16)2-1-7(8)4-10(9)18-6-17/h3-4,6H,1-2,5H2,(H2,17,18). The highest BCUT2D eigenvalue weighted by molar-refractivity contribution is 6.33. The number of aliphatic imine (C=N–C) groups is 1. The van der Waals surface area contributed by atoms with E-state index in [-0.39, 0.29) is 18.1 Å². The second-order valence-corrected chi connectivity index (χ2v) is 4.73. The van der Waals surface area contributed by atoms with Crippen LogP contribution in [0.15, 0.2) is 17.1 Å². The summed E-state index contributed by atoms with van der Waals surface area (Å²) < 4.78 is 37.2. The summed E-state index contributed by atoms with van der Waals surface area (Å²) in [7, 11) is 0. The van der Waals surface area contributed by atoms with Gasteiger partial charge in [0.15, 0.2) is 0 Å². The molecule has 0 unspecified atom stereocenters. The first-order chi connectivity index (χ1) is 9.32. The molecule has 1 aliphatic rings. The van der Waals surface area contributed by atoms with E-state index in [9.17, 15) is 18.0 Å². The fourth-order valence-corrected chi connectivity index (χ4v) is 2.33. The molecule has 0 atom stereocenters. The second kappa shape index (κ2) is 5.32. The first-order valence-corrected chi connectivity index (χ1v) is 6.12. The van der Waals surface area contributed by atoms with E-state index < -0.39 is 12.1 Å². The third-order valence-corrected chi connectivity index (χ3v) is 3.33. The van der Waals surface area contributed by atoms with Gasteiger partial charge in [0.25, 0.3) is 0 Å². The zero-order valence-corrected chi connectivity index (χ0v) is 11.0. The molecule has 0 aliphatic carbocycles. The number of nitrogens with two attached hydrogens (primary N) is 1. The Labute approximate surface area is 118 Å². The van der Waals surface area contributed by atoms with E-state index in [0.717, 1.165) is 16.8 Å². The van der Waals surface area contributed by atoms with E-state index in [1.165, 1.54) is 6.07 Å². The quantitative estimate of drug-likeness (QED) is 0.640. The SMILES string of the molecule is NC=Nc1cc2c(cc1Cl)CN(C(=O)C(F)(F)F)CC2. The number of carbonyl (C=O) groups is 1. The first kappa shape index (κ1) is 14.6. The molecule has 108 valence electrons. The van der Waals surface area contributed by atoms with Gasteiger partial charge in [-0.1, -0.05) is 11.6 Å². The van der Waals surface area contributed by atoms with Crippen LogP contribution in [-0.2, 0) is 17.8 Å². The normalized spacial score (nSPS) is 15.5. The largest absolute Gasteiger partial charge is 0.471 e. The van der Waals surface area contributed by atoms with Crippen LogP contribution in [0.4, 0.5) is 18.9 Å². The molecule has 2 N–H and O–H groups in total. The minimum Gasteiger partial charge on any atom is -0.390 e. The molecule has 8 heteroatoms. The molecule has 0 bridgehead atoms. The van der Waals surface area contributed by atoms with Crippen molar-refractivity contribution in [1.29, 1.82) is 0 Å². The van der Waals surface area contributed by atoms with Crippen LogP contribution >= 0.6 is 11.6 Å².